The summed E-state index contributed by atoms with van der Waals surface area (Å²) in [6, 6.07) is 15.0. The van der Waals surface area contributed by atoms with E-state index in [4.69, 9.17) is 9.72 Å². The highest BCUT2D eigenvalue weighted by molar-refractivity contribution is 5.98. The van der Waals surface area contributed by atoms with E-state index in [-0.39, 0.29) is 23.7 Å². The molecule has 1 saturated heterocycles. The molecule has 2 atom stereocenters. The van der Waals surface area contributed by atoms with Crippen molar-refractivity contribution in [1.82, 2.24) is 9.55 Å². The Balaban J connectivity index is 1.76. The average molecular weight is 377 g/mol. The van der Waals surface area contributed by atoms with Crippen LogP contribution in [0.5, 0.6) is 5.75 Å². The molecule has 1 amide bonds. The monoisotopic (exact) mass is 377 g/mol. The lowest BCUT2D eigenvalue weighted by molar-refractivity contribution is -0.119. The van der Waals surface area contributed by atoms with Gasteiger partial charge >= 0.3 is 0 Å². The number of amides is 1. The van der Waals surface area contributed by atoms with E-state index in [1.165, 1.54) is 0 Å². The third-order valence-electron chi connectivity index (χ3n) is 5.46. The minimum absolute atomic E-state index is 0.0311. The summed E-state index contributed by atoms with van der Waals surface area (Å²) in [5.41, 5.74) is 2.52. The van der Waals surface area contributed by atoms with Crippen molar-refractivity contribution in [3.05, 3.63) is 54.4 Å². The Morgan fingerprint density at radius 1 is 1.18 bits per heavy atom. The van der Waals surface area contributed by atoms with Gasteiger partial charge in [0, 0.05) is 18.9 Å². The summed E-state index contributed by atoms with van der Waals surface area (Å²) >= 11 is 0. The molecule has 1 fully saturated rings. The summed E-state index contributed by atoms with van der Waals surface area (Å²) in [6.45, 7) is 3.98. The molecule has 0 radical (unpaired) electrons. The van der Waals surface area contributed by atoms with Gasteiger partial charge in [-0.15, -0.1) is 0 Å². The normalized spacial score (nSPS) is 17.9. The van der Waals surface area contributed by atoms with Gasteiger partial charge < -0.3 is 14.2 Å². The number of Topliss-reactive ketones (excluding diaryl/α,β-unsaturated/α-hetero) is 1. The van der Waals surface area contributed by atoms with Crippen molar-refractivity contribution >= 4 is 28.4 Å². The van der Waals surface area contributed by atoms with E-state index in [2.05, 4.69) is 0 Å². The highest BCUT2D eigenvalue weighted by atomic mass is 16.5. The number of carbonyl (C=O) groups is 2. The fourth-order valence-electron chi connectivity index (χ4n) is 3.91. The molecule has 1 aliphatic rings. The second-order valence-corrected chi connectivity index (χ2v) is 7.19. The number of fused-ring (bicyclic) bond motifs is 1. The Kier molecular flexibility index (Phi) is 4.63. The van der Waals surface area contributed by atoms with Crippen LogP contribution in [0.15, 0.2) is 48.5 Å². The molecule has 2 unspecified atom stereocenters. The maximum Gasteiger partial charge on any atom is 0.227 e. The number of imidazole rings is 1. The Morgan fingerprint density at radius 3 is 2.64 bits per heavy atom. The average Bonchev–Trinajstić information content (AvgIpc) is 3.27. The third kappa shape index (κ3) is 2.95. The molecule has 6 heteroatoms. The SMILES string of the molecule is COc1ccccc1N1CC(c2nc3ccccc3n2C(C)C(C)=O)CC1=O. The van der Waals surface area contributed by atoms with Crippen molar-refractivity contribution in [2.75, 3.05) is 18.6 Å². The minimum atomic E-state index is -0.335. The maximum atomic E-state index is 12.8. The number of methoxy groups -OCH3 is 1. The molecular weight excluding hydrogens is 354 g/mol. The summed E-state index contributed by atoms with van der Waals surface area (Å²) in [6.07, 6.45) is 0.353. The van der Waals surface area contributed by atoms with E-state index in [1.807, 2.05) is 60.0 Å². The first-order valence-electron chi connectivity index (χ1n) is 9.42. The van der Waals surface area contributed by atoms with Gasteiger partial charge in [0.25, 0.3) is 0 Å². The summed E-state index contributed by atoms with van der Waals surface area (Å²) in [7, 11) is 1.60. The standard InChI is InChI=1S/C22H23N3O3/c1-14(15(2)26)25-18-9-5-4-8-17(18)23-22(25)16-12-21(27)24(13-16)19-10-6-7-11-20(19)28-3/h4-11,14,16H,12-13H2,1-3H3. The molecule has 0 aliphatic carbocycles. The molecule has 6 nitrogen and oxygen atoms in total. The van der Waals surface area contributed by atoms with Crippen LogP contribution < -0.4 is 9.64 Å². The molecule has 144 valence electrons. The fourth-order valence-corrected chi connectivity index (χ4v) is 3.91. The number of hydrogen-bond donors (Lipinski definition) is 0. The molecule has 0 spiro atoms. The van der Waals surface area contributed by atoms with Crippen LogP contribution in [-0.2, 0) is 9.59 Å². The molecule has 0 N–H and O–H groups in total. The first-order valence-corrected chi connectivity index (χ1v) is 9.42. The topological polar surface area (TPSA) is 64.4 Å². The van der Waals surface area contributed by atoms with E-state index in [0.717, 1.165) is 22.5 Å². The van der Waals surface area contributed by atoms with Gasteiger partial charge in [0.15, 0.2) is 5.78 Å². The van der Waals surface area contributed by atoms with Gasteiger partial charge in [-0.25, -0.2) is 4.98 Å². The number of carbonyl (C=O) groups excluding carboxylic acids is 2. The van der Waals surface area contributed by atoms with Gasteiger partial charge in [-0.2, -0.15) is 0 Å². The van der Waals surface area contributed by atoms with Crippen LogP contribution in [0.2, 0.25) is 0 Å². The van der Waals surface area contributed by atoms with Crippen LogP contribution in [0.25, 0.3) is 11.0 Å². The van der Waals surface area contributed by atoms with Gasteiger partial charge in [-0.05, 0) is 38.1 Å². The first-order chi connectivity index (χ1) is 13.5. The number of anilines is 1. The van der Waals surface area contributed by atoms with Crippen molar-refractivity contribution in [3.63, 3.8) is 0 Å². The largest absolute Gasteiger partial charge is 0.495 e. The van der Waals surface area contributed by atoms with Crippen molar-refractivity contribution in [1.29, 1.82) is 0 Å². The summed E-state index contributed by atoms with van der Waals surface area (Å²) in [5, 5.41) is 0. The molecule has 2 aromatic carbocycles. The molecule has 28 heavy (non-hydrogen) atoms. The fraction of sp³-hybridized carbons (Fsp3) is 0.318. The van der Waals surface area contributed by atoms with E-state index in [1.54, 1.807) is 18.9 Å². The number of benzene rings is 2. The van der Waals surface area contributed by atoms with E-state index in [0.29, 0.717) is 18.7 Å². The number of para-hydroxylation sites is 4. The zero-order chi connectivity index (χ0) is 19.8. The molecule has 0 bridgehead atoms. The zero-order valence-electron chi connectivity index (χ0n) is 16.3. The lowest BCUT2D eigenvalue weighted by Crippen LogP contribution is -2.25. The van der Waals surface area contributed by atoms with Crippen molar-refractivity contribution < 1.29 is 14.3 Å². The second-order valence-electron chi connectivity index (χ2n) is 7.19. The lowest BCUT2D eigenvalue weighted by atomic mass is 10.1. The highest BCUT2D eigenvalue weighted by Gasteiger charge is 2.36. The third-order valence-corrected chi connectivity index (χ3v) is 5.46. The van der Waals surface area contributed by atoms with Crippen LogP contribution in [0.4, 0.5) is 5.69 Å². The predicted molar refractivity (Wildman–Crippen MR) is 108 cm³/mol. The number of hydrogen-bond acceptors (Lipinski definition) is 4. The Morgan fingerprint density at radius 2 is 1.89 bits per heavy atom. The van der Waals surface area contributed by atoms with E-state index >= 15 is 0 Å². The Hall–Kier alpha value is -3.15. The van der Waals surface area contributed by atoms with Crippen molar-refractivity contribution in [3.8, 4) is 5.75 Å². The Bertz CT molecular complexity index is 1060. The lowest BCUT2D eigenvalue weighted by Gasteiger charge is -2.20. The van der Waals surface area contributed by atoms with Gasteiger partial charge in [0.05, 0.1) is 29.9 Å². The quantitative estimate of drug-likeness (QED) is 0.680. The molecule has 2 heterocycles. The molecule has 1 aromatic heterocycles. The van der Waals surface area contributed by atoms with Crippen LogP contribution in [0.1, 0.15) is 38.1 Å². The summed E-state index contributed by atoms with van der Waals surface area (Å²) in [5.74, 6) is 1.46. The van der Waals surface area contributed by atoms with Crippen molar-refractivity contribution in [2.45, 2.75) is 32.2 Å². The molecule has 1 aliphatic heterocycles. The van der Waals surface area contributed by atoms with Crippen LogP contribution >= 0.6 is 0 Å². The molecule has 0 saturated carbocycles. The van der Waals surface area contributed by atoms with Crippen LogP contribution in [-0.4, -0.2) is 34.9 Å². The highest BCUT2D eigenvalue weighted by Crippen LogP contribution is 2.37. The van der Waals surface area contributed by atoms with Crippen LogP contribution in [0.3, 0.4) is 0 Å². The molecule has 4 rings (SSSR count). The minimum Gasteiger partial charge on any atom is -0.495 e. The smallest absolute Gasteiger partial charge is 0.227 e. The number of rotatable bonds is 5. The van der Waals surface area contributed by atoms with Gasteiger partial charge in [0.1, 0.15) is 11.6 Å². The predicted octanol–water partition coefficient (Wildman–Crippen LogP) is 3.72. The second kappa shape index (κ2) is 7.11. The van der Waals surface area contributed by atoms with Crippen molar-refractivity contribution in [2.24, 2.45) is 0 Å². The maximum absolute atomic E-state index is 12.8. The van der Waals surface area contributed by atoms with Gasteiger partial charge in [0.2, 0.25) is 5.91 Å². The van der Waals surface area contributed by atoms with Gasteiger partial charge in [-0.1, -0.05) is 24.3 Å². The number of aromatic nitrogens is 2. The Labute approximate surface area is 163 Å². The zero-order valence-corrected chi connectivity index (χ0v) is 16.3. The number of ether oxygens (including phenoxy) is 1. The summed E-state index contributed by atoms with van der Waals surface area (Å²) < 4.78 is 7.42. The van der Waals surface area contributed by atoms with Gasteiger partial charge in [-0.3, -0.25) is 9.59 Å². The van der Waals surface area contributed by atoms with E-state index in [9.17, 15) is 9.59 Å². The molecular formula is C22H23N3O3. The number of ketones is 1. The summed E-state index contributed by atoms with van der Waals surface area (Å²) in [4.78, 5) is 31.5. The van der Waals surface area contributed by atoms with Crippen LogP contribution in [0, 0.1) is 0 Å². The number of nitrogens with zero attached hydrogens (tertiary/aromatic N) is 3. The first kappa shape index (κ1) is 18.2. The molecule has 3 aromatic rings. The van der Waals surface area contributed by atoms with E-state index < -0.39 is 0 Å².